The zero-order chi connectivity index (χ0) is 11.5. The Hall–Kier alpha value is -1.42. The number of ether oxygens (including phenoxy) is 1. The molecule has 0 aliphatic carbocycles. The fraction of sp³-hybridized carbons (Fsp3) is 0.0833. The summed E-state index contributed by atoms with van der Waals surface area (Å²) in [7, 11) is 0. The van der Waals surface area contributed by atoms with Crippen molar-refractivity contribution in [1.29, 1.82) is 0 Å². The molecule has 82 valence electrons. The summed E-state index contributed by atoms with van der Waals surface area (Å²) in [6, 6.07) is 7.92. The Morgan fingerprint density at radius 1 is 1.25 bits per heavy atom. The Balaban J connectivity index is 2.23. The molecule has 16 heavy (non-hydrogen) atoms. The van der Waals surface area contributed by atoms with Gasteiger partial charge in [0.2, 0.25) is 5.88 Å². The van der Waals surface area contributed by atoms with Crippen LogP contribution in [-0.4, -0.2) is 4.98 Å². The van der Waals surface area contributed by atoms with Crippen LogP contribution in [-0.2, 0) is 0 Å². The largest absolute Gasteiger partial charge is 0.438 e. The van der Waals surface area contributed by atoms with Crippen LogP contribution in [0.15, 0.2) is 41.0 Å². The first kappa shape index (κ1) is 11.1. The maximum Gasteiger partial charge on any atom is 0.219 e. The van der Waals surface area contributed by atoms with E-state index in [1.165, 1.54) is 12.1 Å². The molecule has 1 heterocycles. The van der Waals surface area contributed by atoms with E-state index >= 15 is 0 Å². The number of nitrogens with zero attached hydrogens (tertiary/aromatic N) is 1. The van der Waals surface area contributed by atoms with E-state index in [1.54, 1.807) is 18.3 Å². The Morgan fingerprint density at radius 2 is 2.06 bits per heavy atom. The number of halogens is 2. The van der Waals surface area contributed by atoms with Crippen molar-refractivity contribution >= 4 is 15.9 Å². The smallest absolute Gasteiger partial charge is 0.219 e. The third kappa shape index (κ3) is 2.58. The predicted octanol–water partition coefficient (Wildman–Crippen LogP) is 4.08. The third-order valence-electron chi connectivity index (χ3n) is 1.99. The fourth-order valence-electron chi connectivity index (χ4n) is 1.19. The first-order valence-corrected chi connectivity index (χ1v) is 5.50. The van der Waals surface area contributed by atoms with E-state index in [4.69, 9.17) is 4.74 Å². The van der Waals surface area contributed by atoms with Gasteiger partial charge in [0, 0.05) is 12.3 Å². The van der Waals surface area contributed by atoms with Crippen LogP contribution < -0.4 is 4.74 Å². The number of hydrogen-bond donors (Lipinski definition) is 0. The number of aromatic nitrogens is 1. The summed E-state index contributed by atoms with van der Waals surface area (Å²) < 4.78 is 18.9. The van der Waals surface area contributed by atoms with Gasteiger partial charge in [-0.1, -0.05) is 6.07 Å². The highest BCUT2D eigenvalue weighted by Crippen LogP contribution is 2.29. The highest BCUT2D eigenvalue weighted by atomic mass is 79.9. The SMILES string of the molecule is Cc1ccc(Oc2ccc(F)cc2Br)nc1. The van der Waals surface area contributed by atoms with Gasteiger partial charge in [-0.3, -0.25) is 0 Å². The van der Waals surface area contributed by atoms with Gasteiger partial charge in [0.1, 0.15) is 11.6 Å². The van der Waals surface area contributed by atoms with E-state index in [0.29, 0.717) is 16.1 Å². The molecular weight excluding hydrogens is 273 g/mol. The Morgan fingerprint density at radius 3 is 2.69 bits per heavy atom. The molecule has 0 saturated carbocycles. The van der Waals surface area contributed by atoms with Gasteiger partial charge in [0.05, 0.1) is 4.47 Å². The number of rotatable bonds is 2. The van der Waals surface area contributed by atoms with Gasteiger partial charge in [-0.15, -0.1) is 0 Å². The second-order valence-corrected chi connectivity index (χ2v) is 4.20. The first-order valence-electron chi connectivity index (χ1n) is 4.71. The van der Waals surface area contributed by atoms with Crippen LogP contribution in [0.5, 0.6) is 11.6 Å². The summed E-state index contributed by atoms with van der Waals surface area (Å²) in [5, 5.41) is 0. The van der Waals surface area contributed by atoms with Crippen LogP contribution in [0.4, 0.5) is 4.39 Å². The second kappa shape index (κ2) is 4.61. The molecule has 1 aromatic carbocycles. The zero-order valence-electron chi connectivity index (χ0n) is 8.58. The molecule has 0 radical (unpaired) electrons. The molecular formula is C12H9BrFNO. The van der Waals surface area contributed by atoms with Crippen molar-refractivity contribution in [3.05, 3.63) is 52.4 Å². The lowest BCUT2D eigenvalue weighted by atomic mass is 10.3. The minimum atomic E-state index is -0.309. The molecule has 2 nitrogen and oxygen atoms in total. The summed E-state index contributed by atoms with van der Waals surface area (Å²) in [6.45, 7) is 1.95. The molecule has 4 heteroatoms. The molecule has 0 spiro atoms. The van der Waals surface area contributed by atoms with Crippen LogP contribution in [0, 0.1) is 12.7 Å². The predicted molar refractivity (Wildman–Crippen MR) is 63.1 cm³/mol. The summed E-state index contributed by atoms with van der Waals surface area (Å²) in [5.74, 6) is 0.715. The topological polar surface area (TPSA) is 22.1 Å². The van der Waals surface area contributed by atoms with Crippen LogP contribution >= 0.6 is 15.9 Å². The summed E-state index contributed by atoms with van der Waals surface area (Å²) in [4.78, 5) is 4.10. The van der Waals surface area contributed by atoms with E-state index in [2.05, 4.69) is 20.9 Å². The maximum absolute atomic E-state index is 12.8. The first-order chi connectivity index (χ1) is 7.65. The van der Waals surface area contributed by atoms with Gasteiger partial charge < -0.3 is 4.74 Å². The molecule has 0 bridgehead atoms. The molecule has 0 fully saturated rings. The monoisotopic (exact) mass is 281 g/mol. The van der Waals surface area contributed by atoms with Gasteiger partial charge in [-0.2, -0.15) is 0 Å². The van der Waals surface area contributed by atoms with E-state index in [1.807, 2.05) is 13.0 Å². The van der Waals surface area contributed by atoms with Crippen LogP contribution in [0.25, 0.3) is 0 Å². The van der Waals surface area contributed by atoms with Crippen molar-refractivity contribution in [1.82, 2.24) is 4.98 Å². The molecule has 0 unspecified atom stereocenters. The lowest BCUT2D eigenvalue weighted by Gasteiger charge is -2.06. The normalized spacial score (nSPS) is 10.2. The van der Waals surface area contributed by atoms with Crippen LogP contribution in [0.3, 0.4) is 0 Å². The number of pyridine rings is 1. The van der Waals surface area contributed by atoms with Gasteiger partial charge in [0.15, 0.2) is 0 Å². The lowest BCUT2D eigenvalue weighted by molar-refractivity contribution is 0.458. The average Bonchev–Trinajstić information content (AvgIpc) is 2.25. The highest BCUT2D eigenvalue weighted by Gasteiger charge is 2.04. The van der Waals surface area contributed by atoms with Gasteiger partial charge >= 0.3 is 0 Å². The van der Waals surface area contributed by atoms with Gasteiger partial charge in [-0.25, -0.2) is 9.37 Å². The van der Waals surface area contributed by atoms with Crippen molar-refractivity contribution in [2.45, 2.75) is 6.92 Å². The van der Waals surface area contributed by atoms with E-state index in [-0.39, 0.29) is 5.82 Å². The molecule has 0 amide bonds. The van der Waals surface area contributed by atoms with Gasteiger partial charge in [0.25, 0.3) is 0 Å². The minimum Gasteiger partial charge on any atom is -0.438 e. The Bertz CT molecular complexity index is 499. The standard InChI is InChI=1S/C12H9BrFNO/c1-8-2-5-12(15-7-8)16-11-4-3-9(14)6-10(11)13/h2-7H,1H3. The average molecular weight is 282 g/mol. The molecule has 0 saturated heterocycles. The molecule has 2 aromatic rings. The molecule has 0 N–H and O–H groups in total. The van der Waals surface area contributed by atoms with Crippen molar-refractivity contribution < 1.29 is 9.13 Å². The van der Waals surface area contributed by atoms with E-state index in [9.17, 15) is 4.39 Å². The third-order valence-corrected chi connectivity index (χ3v) is 2.61. The second-order valence-electron chi connectivity index (χ2n) is 3.35. The summed E-state index contributed by atoms with van der Waals surface area (Å²) >= 11 is 3.23. The number of aryl methyl sites for hydroxylation is 1. The summed E-state index contributed by atoms with van der Waals surface area (Å²) in [6.07, 6.45) is 1.72. The van der Waals surface area contributed by atoms with Crippen molar-refractivity contribution in [2.75, 3.05) is 0 Å². The van der Waals surface area contributed by atoms with Crippen molar-refractivity contribution in [3.63, 3.8) is 0 Å². The van der Waals surface area contributed by atoms with E-state index in [0.717, 1.165) is 5.56 Å². The Labute approximate surface area is 101 Å². The molecule has 2 rings (SSSR count). The van der Waals surface area contributed by atoms with E-state index < -0.39 is 0 Å². The Kier molecular flexibility index (Phi) is 3.19. The lowest BCUT2D eigenvalue weighted by Crippen LogP contribution is -1.89. The quantitative estimate of drug-likeness (QED) is 0.827. The molecule has 0 aliphatic rings. The van der Waals surface area contributed by atoms with Crippen LogP contribution in [0.1, 0.15) is 5.56 Å². The number of benzene rings is 1. The van der Waals surface area contributed by atoms with Crippen molar-refractivity contribution in [2.24, 2.45) is 0 Å². The van der Waals surface area contributed by atoms with Gasteiger partial charge in [-0.05, 0) is 46.6 Å². The van der Waals surface area contributed by atoms with Crippen LogP contribution in [0.2, 0.25) is 0 Å². The highest BCUT2D eigenvalue weighted by molar-refractivity contribution is 9.10. The zero-order valence-corrected chi connectivity index (χ0v) is 10.2. The minimum absolute atomic E-state index is 0.309. The number of hydrogen-bond acceptors (Lipinski definition) is 2. The molecule has 0 aliphatic heterocycles. The fourth-order valence-corrected chi connectivity index (χ4v) is 1.62. The molecule has 1 aromatic heterocycles. The maximum atomic E-state index is 12.8. The van der Waals surface area contributed by atoms with Crippen molar-refractivity contribution in [3.8, 4) is 11.6 Å². The summed E-state index contributed by atoms with van der Waals surface area (Å²) in [5.41, 5.74) is 1.06. The molecule has 0 atom stereocenters.